The zero-order chi connectivity index (χ0) is 14.1. The lowest BCUT2D eigenvalue weighted by Gasteiger charge is -2.28. The molecule has 0 aliphatic rings. The van der Waals surface area contributed by atoms with Gasteiger partial charge in [-0.05, 0) is 25.5 Å². The van der Waals surface area contributed by atoms with Gasteiger partial charge in [0.2, 0.25) is 0 Å². The van der Waals surface area contributed by atoms with E-state index in [1.807, 2.05) is 0 Å². The van der Waals surface area contributed by atoms with Crippen molar-refractivity contribution in [1.29, 1.82) is 0 Å². The van der Waals surface area contributed by atoms with Crippen molar-refractivity contribution in [2.75, 3.05) is 6.26 Å². The van der Waals surface area contributed by atoms with Gasteiger partial charge in [-0.25, -0.2) is 12.8 Å². The third-order valence-electron chi connectivity index (χ3n) is 3.20. The van der Waals surface area contributed by atoms with Crippen molar-refractivity contribution in [3.63, 3.8) is 0 Å². The number of aliphatic hydroxyl groups excluding tert-OH is 1. The average Bonchev–Trinajstić information content (AvgIpc) is 2.23. The molecule has 0 aliphatic carbocycles. The maximum Gasteiger partial charge on any atom is 0.155 e. The van der Waals surface area contributed by atoms with Gasteiger partial charge in [-0.3, -0.25) is 0 Å². The summed E-state index contributed by atoms with van der Waals surface area (Å²) < 4.78 is 35.4. The summed E-state index contributed by atoms with van der Waals surface area (Å²) in [5.74, 6) is -0.623. The average molecular weight is 295 g/mol. The molecule has 6 heteroatoms. The highest BCUT2D eigenvalue weighted by Crippen LogP contribution is 2.25. The van der Waals surface area contributed by atoms with E-state index in [-0.39, 0.29) is 17.0 Å². The van der Waals surface area contributed by atoms with Gasteiger partial charge < -0.3 is 5.11 Å². The van der Waals surface area contributed by atoms with Crippen LogP contribution in [-0.2, 0) is 16.3 Å². The molecule has 18 heavy (non-hydrogen) atoms. The Balaban J connectivity index is 3.02. The largest absolute Gasteiger partial charge is 0.391 e. The third-order valence-corrected chi connectivity index (χ3v) is 5.68. The zero-order valence-corrected chi connectivity index (χ0v) is 12.0. The minimum Gasteiger partial charge on any atom is -0.391 e. The first-order valence-corrected chi connectivity index (χ1v) is 7.65. The smallest absolute Gasteiger partial charge is 0.155 e. The van der Waals surface area contributed by atoms with E-state index in [2.05, 4.69) is 0 Å². The normalized spacial score (nSPS) is 14.6. The van der Waals surface area contributed by atoms with Crippen LogP contribution < -0.4 is 0 Å². The van der Waals surface area contributed by atoms with Gasteiger partial charge in [-0.2, -0.15) is 0 Å². The molecule has 0 bridgehead atoms. The molecule has 0 aliphatic heterocycles. The first-order valence-electron chi connectivity index (χ1n) is 5.38. The molecule has 0 saturated heterocycles. The molecule has 1 N–H and O–H groups in total. The van der Waals surface area contributed by atoms with Crippen LogP contribution in [-0.4, -0.2) is 30.6 Å². The topological polar surface area (TPSA) is 54.4 Å². The lowest BCUT2D eigenvalue weighted by Crippen LogP contribution is -2.44. The number of aliphatic hydroxyl groups is 1. The molecule has 0 amide bonds. The second-order valence-corrected chi connectivity index (χ2v) is 7.81. The van der Waals surface area contributed by atoms with E-state index in [0.29, 0.717) is 0 Å². The van der Waals surface area contributed by atoms with Crippen LogP contribution in [0.1, 0.15) is 19.4 Å². The fourth-order valence-corrected chi connectivity index (χ4v) is 2.18. The molecular formula is C12H16ClFO3S. The van der Waals surface area contributed by atoms with Crippen molar-refractivity contribution >= 4 is 21.4 Å². The van der Waals surface area contributed by atoms with Gasteiger partial charge in [0.05, 0.1) is 15.9 Å². The molecule has 1 rings (SSSR count). The molecule has 1 aromatic carbocycles. The molecule has 0 fully saturated rings. The molecule has 1 atom stereocenters. The van der Waals surface area contributed by atoms with Crippen LogP contribution in [0.3, 0.4) is 0 Å². The number of rotatable bonds is 4. The number of sulfone groups is 1. The van der Waals surface area contributed by atoms with Crippen molar-refractivity contribution in [3.8, 4) is 0 Å². The quantitative estimate of drug-likeness (QED) is 0.926. The second kappa shape index (κ2) is 5.15. The third kappa shape index (κ3) is 3.02. The van der Waals surface area contributed by atoms with Crippen LogP contribution in [0.2, 0.25) is 5.02 Å². The van der Waals surface area contributed by atoms with E-state index in [4.69, 9.17) is 11.6 Å². The van der Waals surface area contributed by atoms with Crippen LogP contribution >= 0.6 is 11.6 Å². The minimum absolute atomic E-state index is 0.0446. The lowest BCUT2D eigenvalue weighted by molar-refractivity contribution is 0.137. The summed E-state index contributed by atoms with van der Waals surface area (Å²) >= 11 is 5.63. The van der Waals surface area contributed by atoms with Gasteiger partial charge in [0.1, 0.15) is 5.82 Å². The Labute approximate surface area is 112 Å². The number of hydrogen-bond donors (Lipinski definition) is 1. The van der Waals surface area contributed by atoms with Gasteiger partial charge in [0.25, 0.3) is 0 Å². The lowest BCUT2D eigenvalue weighted by atomic mass is 9.98. The van der Waals surface area contributed by atoms with E-state index < -0.39 is 26.5 Å². The maximum absolute atomic E-state index is 13.7. The van der Waals surface area contributed by atoms with E-state index in [0.717, 1.165) is 6.26 Å². The predicted octanol–water partition coefficient (Wildman–Crippen LogP) is 2.21. The molecule has 0 aromatic heterocycles. The van der Waals surface area contributed by atoms with Gasteiger partial charge in [-0.1, -0.05) is 23.7 Å². The Hall–Kier alpha value is -0.650. The molecule has 1 unspecified atom stereocenters. The van der Waals surface area contributed by atoms with Crippen molar-refractivity contribution in [1.82, 2.24) is 0 Å². The Morgan fingerprint density at radius 3 is 2.50 bits per heavy atom. The van der Waals surface area contributed by atoms with Crippen molar-refractivity contribution in [2.45, 2.75) is 31.1 Å². The summed E-state index contributed by atoms with van der Waals surface area (Å²) in [5.41, 5.74) is 0.201. The maximum atomic E-state index is 13.7. The zero-order valence-electron chi connectivity index (χ0n) is 10.4. The van der Waals surface area contributed by atoms with Gasteiger partial charge in [0.15, 0.2) is 9.84 Å². The SMILES string of the molecule is CC(C)(C(O)Cc1cccc(Cl)c1F)S(C)(=O)=O. The Kier molecular flexibility index (Phi) is 4.41. The molecular weight excluding hydrogens is 279 g/mol. The number of halogens is 2. The van der Waals surface area contributed by atoms with Gasteiger partial charge in [0, 0.05) is 12.7 Å². The summed E-state index contributed by atoms with van der Waals surface area (Å²) in [4.78, 5) is 0. The van der Waals surface area contributed by atoms with Crippen LogP contribution in [0.4, 0.5) is 4.39 Å². The van der Waals surface area contributed by atoms with E-state index >= 15 is 0 Å². The molecule has 0 spiro atoms. The monoisotopic (exact) mass is 294 g/mol. The highest BCUT2D eigenvalue weighted by molar-refractivity contribution is 7.92. The number of hydrogen-bond acceptors (Lipinski definition) is 3. The molecule has 102 valence electrons. The highest BCUT2D eigenvalue weighted by Gasteiger charge is 2.38. The molecule has 0 radical (unpaired) electrons. The predicted molar refractivity (Wildman–Crippen MR) is 70.0 cm³/mol. The highest BCUT2D eigenvalue weighted by atomic mass is 35.5. The van der Waals surface area contributed by atoms with Crippen LogP contribution in [0.15, 0.2) is 18.2 Å². The van der Waals surface area contributed by atoms with E-state index in [1.54, 1.807) is 6.07 Å². The van der Waals surface area contributed by atoms with Crippen LogP contribution in [0.5, 0.6) is 0 Å². The minimum atomic E-state index is -3.45. The van der Waals surface area contributed by atoms with Gasteiger partial charge >= 0.3 is 0 Å². The standard InChI is InChI=1S/C12H16ClFO3S/c1-12(2,18(3,16)17)10(15)7-8-5-4-6-9(13)11(8)14/h4-6,10,15H,7H2,1-3H3. The fourth-order valence-electron chi connectivity index (χ4n) is 1.41. The molecule has 0 saturated carbocycles. The molecule has 1 aromatic rings. The summed E-state index contributed by atoms with van der Waals surface area (Å²) in [5, 5.41) is 9.95. The second-order valence-electron chi connectivity index (χ2n) is 4.81. The first-order chi connectivity index (χ1) is 8.07. The molecule has 0 heterocycles. The fraction of sp³-hybridized carbons (Fsp3) is 0.500. The van der Waals surface area contributed by atoms with Crippen LogP contribution in [0.25, 0.3) is 0 Å². The Bertz CT molecular complexity index is 540. The van der Waals surface area contributed by atoms with E-state index in [1.165, 1.54) is 26.0 Å². The van der Waals surface area contributed by atoms with Crippen molar-refractivity contribution < 1.29 is 17.9 Å². The summed E-state index contributed by atoms with van der Waals surface area (Å²) in [7, 11) is -3.45. The Morgan fingerprint density at radius 1 is 1.44 bits per heavy atom. The van der Waals surface area contributed by atoms with Crippen LogP contribution in [0, 0.1) is 5.82 Å². The number of benzene rings is 1. The molecule has 3 nitrogen and oxygen atoms in total. The van der Waals surface area contributed by atoms with Crippen molar-refractivity contribution in [2.24, 2.45) is 0 Å². The Morgan fingerprint density at radius 2 is 2.00 bits per heavy atom. The van der Waals surface area contributed by atoms with Crippen molar-refractivity contribution in [3.05, 3.63) is 34.6 Å². The van der Waals surface area contributed by atoms with E-state index in [9.17, 15) is 17.9 Å². The van der Waals surface area contributed by atoms with Gasteiger partial charge in [-0.15, -0.1) is 0 Å². The summed E-state index contributed by atoms with van der Waals surface area (Å²) in [6.07, 6.45) is -0.266. The summed E-state index contributed by atoms with van der Waals surface area (Å²) in [6, 6.07) is 4.43. The summed E-state index contributed by atoms with van der Waals surface area (Å²) in [6.45, 7) is 2.82. The first kappa shape index (κ1) is 15.4.